The Labute approximate surface area is 153 Å². The Morgan fingerprint density at radius 1 is 1.33 bits per heavy atom. The number of hydrogen-bond acceptors (Lipinski definition) is 6. The fourth-order valence-electron chi connectivity index (χ4n) is 3.03. The lowest BCUT2D eigenvalue weighted by Crippen LogP contribution is -2.32. The van der Waals surface area contributed by atoms with Gasteiger partial charge in [-0.25, -0.2) is 14.6 Å². The molecule has 1 fully saturated rings. The molecule has 146 valence electrons. The summed E-state index contributed by atoms with van der Waals surface area (Å²) in [5.41, 5.74) is -2.11. The first-order chi connectivity index (χ1) is 12.7. The van der Waals surface area contributed by atoms with Crippen LogP contribution in [0, 0.1) is 12.8 Å². The molecule has 1 aliphatic rings. The van der Waals surface area contributed by atoms with Crippen LogP contribution >= 0.6 is 0 Å². The van der Waals surface area contributed by atoms with E-state index in [1.165, 1.54) is 17.9 Å². The Hall–Kier alpha value is -2.65. The van der Waals surface area contributed by atoms with Crippen molar-refractivity contribution in [2.45, 2.75) is 45.3 Å². The Bertz CT molecular complexity index is 893. The Morgan fingerprint density at radius 2 is 2.04 bits per heavy atom. The van der Waals surface area contributed by atoms with Gasteiger partial charge in [0, 0.05) is 6.07 Å². The second kappa shape index (κ2) is 7.16. The summed E-state index contributed by atoms with van der Waals surface area (Å²) in [4.78, 5) is 20.3. The third-order valence-electron chi connectivity index (χ3n) is 4.44. The van der Waals surface area contributed by atoms with Gasteiger partial charge in [-0.2, -0.15) is 18.3 Å². The molecule has 0 saturated heterocycles. The number of halogens is 3. The third kappa shape index (κ3) is 4.04. The van der Waals surface area contributed by atoms with Crippen LogP contribution in [0.5, 0.6) is 5.88 Å². The van der Waals surface area contributed by atoms with E-state index < -0.39 is 17.4 Å². The van der Waals surface area contributed by atoms with Gasteiger partial charge < -0.3 is 10.1 Å². The molecular formula is C17H20F3N5O2. The summed E-state index contributed by atoms with van der Waals surface area (Å²) in [6, 6.07) is 2.35. The molecular weight excluding hydrogens is 363 g/mol. The van der Waals surface area contributed by atoms with Gasteiger partial charge in [0.15, 0.2) is 5.69 Å². The summed E-state index contributed by atoms with van der Waals surface area (Å²) in [5, 5.41) is 6.70. The number of methoxy groups -OCH3 is 1. The quantitative estimate of drug-likeness (QED) is 0.823. The van der Waals surface area contributed by atoms with Crippen molar-refractivity contribution in [2.24, 2.45) is 5.92 Å². The van der Waals surface area contributed by atoms with Gasteiger partial charge in [-0.3, -0.25) is 4.79 Å². The number of nitrogens with zero attached hydrogens (tertiary/aromatic N) is 4. The highest BCUT2D eigenvalue weighted by Crippen LogP contribution is 2.40. The molecule has 0 aliphatic heterocycles. The van der Waals surface area contributed by atoms with Crippen LogP contribution in [0.1, 0.15) is 43.7 Å². The maximum absolute atomic E-state index is 13.3. The van der Waals surface area contributed by atoms with Crippen molar-refractivity contribution in [3.05, 3.63) is 34.0 Å². The van der Waals surface area contributed by atoms with Crippen LogP contribution in [-0.4, -0.2) is 26.9 Å². The lowest BCUT2D eigenvalue weighted by molar-refractivity contribution is -0.140. The summed E-state index contributed by atoms with van der Waals surface area (Å²) >= 11 is 0. The first kappa shape index (κ1) is 19.1. The molecule has 1 N–H and O–H groups in total. The van der Waals surface area contributed by atoms with Crippen molar-refractivity contribution in [1.82, 2.24) is 19.7 Å². The van der Waals surface area contributed by atoms with Gasteiger partial charge in [0.2, 0.25) is 11.7 Å². The van der Waals surface area contributed by atoms with Gasteiger partial charge in [-0.05, 0) is 38.2 Å². The lowest BCUT2D eigenvalue weighted by atomic mass is 10.1. The predicted octanol–water partition coefficient (Wildman–Crippen LogP) is 3.47. The molecule has 27 heavy (non-hydrogen) atoms. The van der Waals surface area contributed by atoms with Crippen LogP contribution in [0.2, 0.25) is 0 Å². The second-order valence-electron chi connectivity index (χ2n) is 6.44. The summed E-state index contributed by atoms with van der Waals surface area (Å²) in [7, 11) is 1.23. The number of nitrogens with one attached hydrogen (secondary N) is 1. The molecule has 3 rings (SSSR count). The zero-order chi connectivity index (χ0) is 19.8. The minimum Gasteiger partial charge on any atom is -0.481 e. The molecule has 10 heteroatoms. The average Bonchev–Trinajstić information content (AvgIpc) is 3.43. The molecule has 0 bridgehead atoms. The summed E-state index contributed by atoms with van der Waals surface area (Å²) in [6.07, 6.45) is -1.99. The number of alkyl halides is 3. The number of rotatable bonds is 6. The number of hydrogen-bond donors (Lipinski definition) is 1. The Balaban J connectivity index is 2.04. The maximum Gasteiger partial charge on any atom is 0.435 e. The van der Waals surface area contributed by atoms with E-state index in [9.17, 15) is 18.0 Å². The predicted molar refractivity (Wildman–Crippen MR) is 92.2 cm³/mol. The van der Waals surface area contributed by atoms with Crippen LogP contribution < -0.4 is 15.6 Å². The number of ether oxygens (including phenoxy) is 1. The number of pyridine rings is 1. The maximum atomic E-state index is 13.3. The largest absolute Gasteiger partial charge is 0.481 e. The number of anilines is 2. The molecule has 7 nitrogen and oxygen atoms in total. The SMILES string of the molecule is CCC(C1CC1)n1nc(C)nc(Nc2ccc(OC)nc2C(F)(F)F)c1=O. The molecule has 0 spiro atoms. The van der Waals surface area contributed by atoms with E-state index in [1.54, 1.807) is 6.92 Å². The van der Waals surface area contributed by atoms with Crippen molar-refractivity contribution in [2.75, 3.05) is 12.4 Å². The molecule has 0 aromatic carbocycles. The van der Waals surface area contributed by atoms with E-state index in [2.05, 4.69) is 20.4 Å². The average molecular weight is 383 g/mol. The van der Waals surface area contributed by atoms with Crippen molar-refractivity contribution in [3.63, 3.8) is 0 Å². The van der Waals surface area contributed by atoms with Gasteiger partial charge in [0.25, 0.3) is 0 Å². The molecule has 0 amide bonds. The Morgan fingerprint density at radius 3 is 2.59 bits per heavy atom. The van der Waals surface area contributed by atoms with Gasteiger partial charge in [0.05, 0.1) is 18.8 Å². The van der Waals surface area contributed by atoms with E-state index in [-0.39, 0.29) is 23.4 Å². The second-order valence-corrected chi connectivity index (χ2v) is 6.44. The molecule has 2 aromatic rings. The van der Waals surface area contributed by atoms with E-state index >= 15 is 0 Å². The van der Waals surface area contributed by atoms with Gasteiger partial charge in [-0.15, -0.1) is 0 Å². The van der Waals surface area contributed by atoms with E-state index in [1.807, 2.05) is 6.92 Å². The Kier molecular flexibility index (Phi) is 5.07. The zero-order valence-corrected chi connectivity index (χ0v) is 15.2. The standard InChI is InChI=1S/C17H20F3N5O2/c1-4-12(10-5-6-10)25-16(26)15(21-9(2)24-25)22-11-7-8-13(27-3)23-14(11)17(18,19)20/h7-8,10,12H,4-6H2,1-3H3,(H,21,22,24). The summed E-state index contributed by atoms with van der Waals surface area (Å²) in [5.74, 6) is 0.275. The molecule has 1 aliphatic carbocycles. The molecule has 2 heterocycles. The van der Waals surface area contributed by atoms with Gasteiger partial charge in [0.1, 0.15) is 5.82 Å². The van der Waals surface area contributed by atoms with Crippen molar-refractivity contribution in [1.29, 1.82) is 0 Å². The van der Waals surface area contributed by atoms with Crippen LogP contribution in [0.25, 0.3) is 0 Å². The van der Waals surface area contributed by atoms with Crippen LogP contribution in [0.3, 0.4) is 0 Å². The minimum atomic E-state index is -4.72. The minimum absolute atomic E-state index is 0.0872. The van der Waals surface area contributed by atoms with E-state index in [4.69, 9.17) is 4.74 Å². The molecule has 1 atom stereocenters. The first-order valence-corrected chi connectivity index (χ1v) is 8.61. The number of aryl methyl sites for hydroxylation is 1. The summed E-state index contributed by atoms with van der Waals surface area (Å²) < 4.78 is 46.2. The summed E-state index contributed by atoms with van der Waals surface area (Å²) in [6.45, 7) is 3.55. The topological polar surface area (TPSA) is 81.9 Å². The highest BCUT2D eigenvalue weighted by molar-refractivity contribution is 5.59. The monoisotopic (exact) mass is 383 g/mol. The van der Waals surface area contributed by atoms with Gasteiger partial charge >= 0.3 is 11.7 Å². The molecule has 1 unspecified atom stereocenters. The smallest absolute Gasteiger partial charge is 0.435 e. The first-order valence-electron chi connectivity index (χ1n) is 8.61. The van der Waals surface area contributed by atoms with Crippen molar-refractivity contribution >= 4 is 11.5 Å². The molecule has 2 aromatic heterocycles. The highest BCUT2D eigenvalue weighted by Gasteiger charge is 2.37. The number of aromatic nitrogens is 4. The van der Waals surface area contributed by atoms with Gasteiger partial charge in [-0.1, -0.05) is 6.92 Å². The third-order valence-corrected chi connectivity index (χ3v) is 4.44. The lowest BCUT2D eigenvalue weighted by Gasteiger charge is -2.18. The van der Waals surface area contributed by atoms with E-state index in [0.717, 1.165) is 18.9 Å². The fourth-order valence-corrected chi connectivity index (χ4v) is 3.03. The normalized spacial score (nSPS) is 15.5. The highest BCUT2D eigenvalue weighted by atomic mass is 19.4. The zero-order valence-electron chi connectivity index (χ0n) is 15.2. The van der Waals surface area contributed by atoms with Crippen LogP contribution in [0.4, 0.5) is 24.7 Å². The van der Waals surface area contributed by atoms with E-state index in [0.29, 0.717) is 18.2 Å². The molecule has 1 saturated carbocycles. The molecule has 0 radical (unpaired) electrons. The van der Waals surface area contributed by atoms with Crippen LogP contribution in [0.15, 0.2) is 16.9 Å². The van der Waals surface area contributed by atoms with Crippen LogP contribution in [-0.2, 0) is 6.18 Å². The fraction of sp³-hybridized carbons (Fsp3) is 0.529. The van der Waals surface area contributed by atoms with Crippen molar-refractivity contribution in [3.8, 4) is 5.88 Å². The van der Waals surface area contributed by atoms with Crippen molar-refractivity contribution < 1.29 is 17.9 Å².